The molecular formula is C22H35N3O3S. The molecule has 0 fully saturated rings. The van der Waals surface area contributed by atoms with E-state index in [1.165, 1.54) is 22.3 Å². The molecule has 2 N–H and O–H groups in total. The zero-order chi connectivity index (χ0) is 21.0. The minimum absolute atomic E-state index is 0.0267. The van der Waals surface area contributed by atoms with Crippen molar-refractivity contribution < 1.29 is 13.2 Å². The summed E-state index contributed by atoms with van der Waals surface area (Å²) in [5, 5.41) is 2.89. The van der Waals surface area contributed by atoms with Crippen molar-refractivity contribution in [3.05, 3.63) is 28.3 Å². The molecular weight excluding hydrogens is 386 g/mol. The van der Waals surface area contributed by atoms with Gasteiger partial charge >= 0.3 is 6.03 Å². The molecule has 162 valence electrons. The summed E-state index contributed by atoms with van der Waals surface area (Å²) in [6.45, 7) is 8.22. The van der Waals surface area contributed by atoms with Crippen LogP contribution >= 0.6 is 0 Å². The van der Waals surface area contributed by atoms with E-state index in [1.54, 1.807) is 0 Å². The first-order valence-electron chi connectivity index (χ1n) is 11.0. The number of carbonyl (C=O) groups excluding carboxylic acids is 1. The van der Waals surface area contributed by atoms with Gasteiger partial charge in [0.05, 0.1) is 5.75 Å². The molecule has 3 rings (SSSR count). The molecule has 6 nitrogen and oxygen atoms in total. The van der Waals surface area contributed by atoms with Gasteiger partial charge in [-0.15, -0.1) is 0 Å². The fourth-order valence-electron chi connectivity index (χ4n) is 4.69. The molecule has 0 spiro atoms. The van der Waals surface area contributed by atoms with Crippen molar-refractivity contribution in [1.29, 1.82) is 0 Å². The van der Waals surface area contributed by atoms with Gasteiger partial charge in [0.15, 0.2) is 0 Å². The zero-order valence-corrected chi connectivity index (χ0v) is 18.8. The summed E-state index contributed by atoms with van der Waals surface area (Å²) in [7, 11) is -3.63. The van der Waals surface area contributed by atoms with Crippen LogP contribution in [0.2, 0.25) is 0 Å². The van der Waals surface area contributed by atoms with Crippen molar-refractivity contribution in [1.82, 2.24) is 9.62 Å². The fraction of sp³-hybridized carbons (Fsp3) is 0.682. The molecule has 0 saturated heterocycles. The highest BCUT2D eigenvalue weighted by Crippen LogP contribution is 2.38. The van der Waals surface area contributed by atoms with Gasteiger partial charge in [0.2, 0.25) is 10.0 Å². The van der Waals surface area contributed by atoms with Gasteiger partial charge in [-0.1, -0.05) is 13.0 Å². The zero-order valence-electron chi connectivity index (χ0n) is 18.0. The van der Waals surface area contributed by atoms with Crippen molar-refractivity contribution >= 4 is 21.7 Å². The van der Waals surface area contributed by atoms with Crippen LogP contribution < -0.4 is 10.0 Å². The maximum absolute atomic E-state index is 12.5. The van der Waals surface area contributed by atoms with Crippen molar-refractivity contribution in [2.45, 2.75) is 78.2 Å². The minimum atomic E-state index is -3.63. The summed E-state index contributed by atoms with van der Waals surface area (Å²) < 4.78 is 26.9. The largest absolute Gasteiger partial charge is 0.332 e. The van der Waals surface area contributed by atoms with Crippen molar-refractivity contribution in [3.8, 4) is 0 Å². The number of benzene rings is 1. The number of fused-ring (bicyclic) bond motifs is 2. The van der Waals surface area contributed by atoms with E-state index in [0.717, 1.165) is 63.7 Å². The van der Waals surface area contributed by atoms with E-state index in [1.807, 2.05) is 0 Å². The average Bonchev–Trinajstić information content (AvgIpc) is 3.29. The highest BCUT2D eigenvalue weighted by atomic mass is 32.2. The topological polar surface area (TPSA) is 78.5 Å². The van der Waals surface area contributed by atoms with Crippen LogP contribution in [0.25, 0.3) is 0 Å². The van der Waals surface area contributed by atoms with E-state index < -0.39 is 16.1 Å². The molecule has 0 saturated carbocycles. The second-order valence-electron chi connectivity index (χ2n) is 8.54. The number of urea groups is 1. The van der Waals surface area contributed by atoms with Crippen LogP contribution in [0.5, 0.6) is 0 Å². The Morgan fingerprint density at radius 3 is 2.24 bits per heavy atom. The number of aryl methyl sites for hydroxylation is 2. The van der Waals surface area contributed by atoms with E-state index >= 15 is 0 Å². The molecule has 0 unspecified atom stereocenters. The summed E-state index contributed by atoms with van der Waals surface area (Å²) in [6, 6.07) is 2.12. The molecule has 0 aliphatic heterocycles. The van der Waals surface area contributed by atoms with Gasteiger partial charge in [-0.05, 0) is 101 Å². The predicted octanol–water partition coefficient (Wildman–Crippen LogP) is 3.63. The van der Waals surface area contributed by atoms with Crippen molar-refractivity contribution in [3.63, 3.8) is 0 Å². The van der Waals surface area contributed by atoms with E-state index in [-0.39, 0.29) is 5.75 Å². The third-order valence-electron chi connectivity index (χ3n) is 6.20. The Balaban J connectivity index is 1.56. The molecule has 2 aliphatic rings. The summed E-state index contributed by atoms with van der Waals surface area (Å²) in [6.07, 6.45) is 7.53. The molecule has 1 aromatic carbocycles. The van der Waals surface area contributed by atoms with Crippen LogP contribution in [-0.2, 0) is 35.7 Å². The Morgan fingerprint density at radius 2 is 1.69 bits per heavy atom. The van der Waals surface area contributed by atoms with Crippen LogP contribution in [0.3, 0.4) is 0 Å². The lowest BCUT2D eigenvalue weighted by Crippen LogP contribution is -2.37. The highest BCUT2D eigenvalue weighted by Gasteiger charge is 2.25. The average molecular weight is 422 g/mol. The minimum Gasteiger partial charge on any atom is -0.307 e. The van der Waals surface area contributed by atoms with Gasteiger partial charge in [-0.25, -0.2) is 17.9 Å². The second kappa shape index (κ2) is 9.47. The van der Waals surface area contributed by atoms with Crippen LogP contribution in [0, 0.1) is 0 Å². The lowest BCUT2D eigenvalue weighted by molar-refractivity contribution is 0.230. The van der Waals surface area contributed by atoms with E-state index in [9.17, 15) is 13.2 Å². The number of nitrogens with zero attached hydrogens (tertiary/aromatic N) is 1. The van der Waals surface area contributed by atoms with Gasteiger partial charge in [0.1, 0.15) is 0 Å². The van der Waals surface area contributed by atoms with Gasteiger partial charge in [-0.3, -0.25) is 0 Å². The first-order valence-corrected chi connectivity index (χ1v) is 12.7. The Bertz CT molecular complexity index is 817. The Morgan fingerprint density at radius 1 is 1.07 bits per heavy atom. The molecule has 2 amide bonds. The summed E-state index contributed by atoms with van der Waals surface area (Å²) >= 11 is 0. The summed E-state index contributed by atoms with van der Waals surface area (Å²) in [5.74, 6) is -0.0267. The molecule has 7 heteroatoms. The SMILES string of the molecule is CCN(CCCCS(=O)(=O)NC(=O)Nc1c2c(cc3c1CCC3)CCC2)C(C)C. The third kappa shape index (κ3) is 5.51. The lowest BCUT2D eigenvalue weighted by atomic mass is 9.99. The number of hydrogen-bond donors (Lipinski definition) is 2. The first-order chi connectivity index (χ1) is 13.8. The van der Waals surface area contributed by atoms with Crippen LogP contribution in [-0.4, -0.2) is 44.2 Å². The molecule has 0 aromatic heterocycles. The van der Waals surface area contributed by atoms with E-state index in [2.05, 4.69) is 41.8 Å². The van der Waals surface area contributed by atoms with Gasteiger partial charge in [0.25, 0.3) is 0 Å². The number of amides is 2. The quantitative estimate of drug-likeness (QED) is 0.597. The van der Waals surface area contributed by atoms with Crippen LogP contribution in [0.1, 0.15) is 68.7 Å². The number of anilines is 1. The molecule has 0 bridgehead atoms. The van der Waals surface area contributed by atoms with Crippen molar-refractivity contribution in [2.75, 3.05) is 24.2 Å². The lowest BCUT2D eigenvalue weighted by Gasteiger charge is -2.24. The number of rotatable bonds is 9. The molecule has 0 atom stereocenters. The molecule has 0 heterocycles. The summed E-state index contributed by atoms with van der Waals surface area (Å²) in [5.41, 5.74) is 5.90. The number of hydrogen-bond acceptors (Lipinski definition) is 4. The normalized spacial score (nSPS) is 15.6. The number of sulfonamides is 1. The van der Waals surface area contributed by atoms with E-state index in [0.29, 0.717) is 12.5 Å². The second-order valence-corrected chi connectivity index (χ2v) is 10.4. The van der Waals surface area contributed by atoms with Gasteiger partial charge in [0, 0.05) is 11.7 Å². The molecule has 2 aliphatic carbocycles. The number of unbranched alkanes of at least 4 members (excludes halogenated alkanes) is 1. The van der Waals surface area contributed by atoms with Gasteiger partial charge in [-0.2, -0.15) is 0 Å². The Labute approximate surface area is 175 Å². The first kappa shape index (κ1) is 22.1. The maximum Gasteiger partial charge on any atom is 0.332 e. The standard InChI is InChI=1S/C22H35N3O3S/c1-4-25(16(2)3)13-5-6-14-29(27,28)24-22(26)23-21-19-11-7-9-17(19)15-18-10-8-12-20(18)21/h15-16H,4-14H2,1-3H3,(H2,23,24,26). The summed E-state index contributed by atoms with van der Waals surface area (Å²) in [4.78, 5) is 14.8. The Hall–Kier alpha value is -1.60. The molecule has 29 heavy (non-hydrogen) atoms. The molecule has 1 aromatic rings. The van der Waals surface area contributed by atoms with Crippen molar-refractivity contribution in [2.24, 2.45) is 0 Å². The van der Waals surface area contributed by atoms with E-state index in [4.69, 9.17) is 0 Å². The smallest absolute Gasteiger partial charge is 0.307 e. The number of carbonyl (C=O) groups is 1. The predicted molar refractivity (Wildman–Crippen MR) is 118 cm³/mol. The monoisotopic (exact) mass is 421 g/mol. The molecule has 0 radical (unpaired) electrons. The number of nitrogens with one attached hydrogen (secondary N) is 2. The maximum atomic E-state index is 12.5. The fourth-order valence-corrected chi connectivity index (χ4v) is 5.71. The van der Waals surface area contributed by atoms with Gasteiger partial charge < -0.3 is 10.2 Å². The highest BCUT2D eigenvalue weighted by molar-refractivity contribution is 7.90. The van der Waals surface area contributed by atoms with Crippen LogP contribution in [0.4, 0.5) is 10.5 Å². The Kier molecular flexibility index (Phi) is 7.22. The third-order valence-corrected chi connectivity index (χ3v) is 7.53. The van der Waals surface area contributed by atoms with Crippen LogP contribution in [0.15, 0.2) is 6.07 Å².